The zero-order valence-corrected chi connectivity index (χ0v) is 24.4. The number of carbonyl (C=O) groups is 2. The molecule has 6 unspecified atom stereocenters. The Morgan fingerprint density at radius 3 is 1.86 bits per heavy atom. The van der Waals surface area contributed by atoms with Crippen LogP contribution in [-0.2, 0) is 62.1 Å². The Morgan fingerprint density at radius 1 is 0.973 bits per heavy atom. The number of hydrogen-bond donors (Lipinski definition) is 6. The monoisotopic (exact) mass is 612 g/mol. The molecule has 2 amide bonds. The number of aliphatic hydroxyl groups excluding tert-OH is 1. The van der Waals surface area contributed by atoms with Crippen LogP contribution in [0.1, 0.15) is 39.5 Å². The van der Waals surface area contributed by atoms with E-state index >= 15 is 0 Å². The molecule has 2 aliphatic heterocycles. The molecule has 37 heavy (non-hydrogen) atoms. The normalized spacial score (nSPS) is 26.0. The number of piperidine rings is 2. The predicted octanol–water partition coefficient (Wildman–Crippen LogP) is -2.45. The van der Waals surface area contributed by atoms with Crippen molar-refractivity contribution >= 4 is 39.2 Å². The topological polar surface area (TPSA) is 199 Å². The number of amides is 2. The SMILES string of the molecule is CC(=O)NC1CCN(OS(C)=O)C(C(O)O)C1.CC(=O)NC1CCN(OS(C)=O)C(CONO)C1.[CH2]=[V]. The molecule has 2 aliphatic rings. The molecule has 0 saturated carbocycles. The fourth-order valence-corrected chi connectivity index (χ4v) is 4.78. The van der Waals surface area contributed by atoms with E-state index in [9.17, 15) is 28.2 Å². The Hall–Kier alpha value is -0.666. The van der Waals surface area contributed by atoms with Gasteiger partial charge in [0.2, 0.25) is 11.8 Å². The van der Waals surface area contributed by atoms with E-state index < -0.39 is 34.5 Å². The standard InChI is InChI=1S/C9H19N3O5S.C9H18N2O5S.CH2.V/c1-7(13)10-8-3-4-12(17-18(2)15)9(5-8)6-16-11-14;1-6(12)10-7-3-4-11(16-17(2)15)8(5-7)9(13)14;;/h8-9,11,14H,3-6H2,1-2H3,(H,10,13);7-9,13-14H,3-5H2,1-2H3,(H,10,12);1H2;. The molecule has 217 valence electrons. The van der Waals surface area contributed by atoms with Crippen LogP contribution in [0.5, 0.6) is 0 Å². The van der Waals surface area contributed by atoms with Crippen molar-refractivity contribution in [1.29, 1.82) is 0 Å². The Kier molecular flexibility index (Phi) is 19.9. The molecule has 0 aromatic rings. The van der Waals surface area contributed by atoms with Gasteiger partial charge in [-0.3, -0.25) is 19.6 Å². The summed E-state index contributed by atoms with van der Waals surface area (Å²) < 4.78 is 32.2. The predicted molar refractivity (Wildman–Crippen MR) is 131 cm³/mol. The van der Waals surface area contributed by atoms with Crippen molar-refractivity contribution < 1.29 is 63.8 Å². The van der Waals surface area contributed by atoms with E-state index in [1.54, 1.807) is 10.7 Å². The zero-order valence-electron chi connectivity index (χ0n) is 21.4. The van der Waals surface area contributed by atoms with E-state index in [0.29, 0.717) is 38.8 Å². The quantitative estimate of drug-likeness (QED) is 0.112. The summed E-state index contributed by atoms with van der Waals surface area (Å²) in [5.41, 5.74) is 1.60. The van der Waals surface area contributed by atoms with Crippen LogP contribution < -0.4 is 16.3 Å². The molecule has 2 saturated heterocycles. The maximum atomic E-state index is 11.1. The Balaban J connectivity index is 0.000000657. The van der Waals surface area contributed by atoms with E-state index in [4.69, 9.17) is 18.6 Å². The Morgan fingerprint density at radius 2 is 1.43 bits per heavy atom. The van der Waals surface area contributed by atoms with Gasteiger partial charge in [-0.1, -0.05) is 5.64 Å². The number of hydrogen-bond acceptors (Lipinski definition) is 13. The van der Waals surface area contributed by atoms with Gasteiger partial charge in [0.15, 0.2) is 28.5 Å². The summed E-state index contributed by atoms with van der Waals surface area (Å²) in [5.74, 6) is -0.247. The average Bonchev–Trinajstić information content (AvgIpc) is 2.80. The fourth-order valence-electron chi connectivity index (χ4n) is 3.86. The van der Waals surface area contributed by atoms with Crippen LogP contribution in [0.15, 0.2) is 0 Å². The summed E-state index contributed by atoms with van der Waals surface area (Å²) in [4.78, 5) is 26.6. The molecule has 0 aromatic heterocycles. The van der Waals surface area contributed by atoms with Crippen LogP contribution in [0.4, 0.5) is 0 Å². The van der Waals surface area contributed by atoms with E-state index in [1.807, 2.05) is 0 Å². The molecular formula is C19H39N5O10S2V. The third-order valence-corrected chi connectivity index (χ3v) is 5.96. The first-order valence-corrected chi connectivity index (χ1v) is 15.2. The number of hydroxylamine groups is 4. The number of carbonyl (C=O) groups excluding carboxylic acids is 2. The number of rotatable bonds is 10. The van der Waals surface area contributed by atoms with Crippen LogP contribution in [0.3, 0.4) is 0 Å². The summed E-state index contributed by atoms with van der Waals surface area (Å²) in [6.07, 6.45) is 3.45. The van der Waals surface area contributed by atoms with Gasteiger partial charge in [0.05, 0.1) is 18.7 Å². The average molecular weight is 613 g/mol. The third-order valence-electron chi connectivity index (χ3n) is 5.16. The first-order chi connectivity index (χ1) is 17.4. The van der Waals surface area contributed by atoms with Crippen molar-refractivity contribution in [3.05, 3.63) is 0 Å². The molecule has 0 spiro atoms. The van der Waals surface area contributed by atoms with E-state index in [-0.39, 0.29) is 36.5 Å². The minimum absolute atomic E-state index is 0.0277. The number of nitrogens with one attached hydrogen (secondary N) is 3. The number of aliphatic hydroxyl groups is 2. The number of nitrogens with zero attached hydrogens (tertiary/aromatic N) is 2. The molecule has 0 aliphatic carbocycles. The van der Waals surface area contributed by atoms with Crippen molar-refractivity contribution in [3.63, 3.8) is 0 Å². The molecule has 2 heterocycles. The van der Waals surface area contributed by atoms with E-state index in [1.165, 1.54) is 31.4 Å². The summed E-state index contributed by atoms with van der Waals surface area (Å²) in [6, 6.07) is -0.979. The molecule has 2 rings (SSSR count). The van der Waals surface area contributed by atoms with Crippen molar-refractivity contribution in [2.24, 2.45) is 0 Å². The molecule has 6 atom stereocenters. The van der Waals surface area contributed by atoms with Gasteiger partial charge in [-0.2, -0.15) is 18.7 Å². The molecule has 0 radical (unpaired) electrons. The van der Waals surface area contributed by atoms with Gasteiger partial charge >= 0.3 is 22.2 Å². The van der Waals surface area contributed by atoms with Gasteiger partial charge in [0, 0.05) is 51.5 Å². The second kappa shape index (κ2) is 20.3. The molecule has 0 aromatic carbocycles. The molecule has 0 bridgehead atoms. The van der Waals surface area contributed by atoms with Crippen LogP contribution >= 0.6 is 0 Å². The maximum absolute atomic E-state index is 11.1. The van der Waals surface area contributed by atoms with Crippen molar-refractivity contribution in [3.8, 4) is 0 Å². The minimum atomic E-state index is -1.60. The first kappa shape index (κ1) is 36.3. The Labute approximate surface area is 231 Å². The fraction of sp³-hybridized carbons (Fsp3) is 0.842. The summed E-state index contributed by atoms with van der Waals surface area (Å²) in [7, 11) is 0. The van der Waals surface area contributed by atoms with Crippen molar-refractivity contribution in [2.45, 2.75) is 70.0 Å². The van der Waals surface area contributed by atoms with Crippen LogP contribution in [0, 0.1) is 0 Å². The van der Waals surface area contributed by atoms with Gasteiger partial charge in [0.1, 0.15) is 0 Å². The second-order valence-electron chi connectivity index (χ2n) is 8.11. The van der Waals surface area contributed by atoms with Gasteiger partial charge in [-0.25, -0.2) is 8.42 Å². The third kappa shape index (κ3) is 16.1. The van der Waals surface area contributed by atoms with Gasteiger partial charge in [-0.05, 0) is 25.7 Å². The first-order valence-electron chi connectivity index (χ1n) is 11.2. The second-order valence-corrected chi connectivity index (χ2v) is 10.0. The van der Waals surface area contributed by atoms with Crippen LogP contribution in [0.25, 0.3) is 0 Å². The molecule has 18 heteroatoms. The molecular weight excluding hydrogens is 573 g/mol. The summed E-state index contributed by atoms with van der Waals surface area (Å²) in [6.45, 7) is 3.94. The summed E-state index contributed by atoms with van der Waals surface area (Å²) in [5, 5.41) is 38.5. The van der Waals surface area contributed by atoms with Crippen LogP contribution in [-0.4, -0.2) is 114 Å². The molecule has 15 nitrogen and oxygen atoms in total. The van der Waals surface area contributed by atoms with E-state index in [0.717, 1.165) is 0 Å². The van der Waals surface area contributed by atoms with Crippen LogP contribution in [0.2, 0.25) is 0 Å². The molecule has 2 fully saturated rings. The summed E-state index contributed by atoms with van der Waals surface area (Å²) >= 11 is -0.855. The zero-order chi connectivity index (χ0) is 28.5. The van der Waals surface area contributed by atoms with Gasteiger partial charge in [-0.15, -0.1) is 0 Å². The Bertz CT molecular complexity index is 741. The van der Waals surface area contributed by atoms with Crippen molar-refractivity contribution in [2.75, 3.05) is 32.2 Å². The van der Waals surface area contributed by atoms with Crippen molar-refractivity contribution in [1.82, 2.24) is 26.4 Å². The van der Waals surface area contributed by atoms with Gasteiger partial charge < -0.3 is 20.8 Å². The van der Waals surface area contributed by atoms with Gasteiger partial charge in [0.25, 0.3) is 0 Å². The van der Waals surface area contributed by atoms with E-state index in [2.05, 4.69) is 32.8 Å². The molecule has 6 N–H and O–H groups in total.